The molecule has 0 atom stereocenters. The molecule has 0 amide bonds. The molecule has 0 fully saturated rings. The lowest BCUT2D eigenvalue weighted by Gasteiger charge is -2.17. The summed E-state index contributed by atoms with van der Waals surface area (Å²) >= 11 is 0. The summed E-state index contributed by atoms with van der Waals surface area (Å²) in [6.07, 6.45) is 0.688. The number of aromatic nitrogens is 1. The topological polar surface area (TPSA) is 67.2 Å². The third kappa shape index (κ3) is 6.56. The van der Waals surface area contributed by atoms with Gasteiger partial charge in [0.1, 0.15) is 5.75 Å². The average molecular weight is 291 g/mol. The van der Waals surface area contributed by atoms with Crippen molar-refractivity contribution in [2.45, 2.75) is 33.7 Å². The molecular weight excluding hydrogens is 266 g/mol. The van der Waals surface area contributed by atoms with Crippen LogP contribution in [0.2, 0.25) is 0 Å². The number of aryl methyl sites for hydroxylation is 1. The highest BCUT2D eigenvalue weighted by Crippen LogP contribution is 2.21. The summed E-state index contributed by atoms with van der Waals surface area (Å²) in [5.74, 6) is 0.777. The van der Waals surface area contributed by atoms with Crippen molar-refractivity contribution < 1.29 is 9.47 Å². The highest BCUT2D eigenvalue weighted by molar-refractivity contribution is 5.29. The summed E-state index contributed by atoms with van der Waals surface area (Å²) in [6, 6.07) is 6.15. The highest BCUT2D eigenvalue weighted by Gasteiger charge is 2.17. The molecule has 5 heteroatoms. The molecule has 0 aromatic carbocycles. The standard InChI is InChI=1S/C16H25N3O2/c1-13-5-6-15(21-9-7-16(2,3)12-17)14(19-13)11-18-8-10-20-4/h5-6,18H,7-11H2,1-4H3. The van der Waals surface area contributed by atoms with Gasteiger partial charge in [-0.05, 0) is 39.3 Å². The van der Waals surface area contributed by atoms with Gasteiger partial charge in [-0.1, -0.05) is 0 Å². The molecule has 0 radical (unpaired) electrons. The number of nitriles is 1. The third-order valence-corrected chi connectivity index (χ3v) is 3.13. The molecule has 0 spiro atoms. The Labute approximate surface area is 127 Å². The minimum atomic E-state index is -0.366. The lowest BCUT2D eigenvalue weighted by Crippen LogP contribution is -2.20. The number of hydrogen-bond acceptors (Lipinski definition) is 5. The molecule has 1 heterocycles. The van der Waals surface area contributed by atoms with E-state index in [0.717, 1.165) is 23.7 Å². The zero-order valence-corrected chi connectivity index (χ0v) is 13.4. The van der Waals surface area contributed by atoms with Crippen molar-refractivity contribution in [3.8, 4) is 11.8 Å². The molecule has 0 aliphatic carbocycles. The molecule has 0 saturated carbocycles. The van der Waals surface area contributed by atoms with Crippen LogP contribution in [0.25, 0.3) is 0 Å². The monoisotopic (exact) mass is 291 g/mol. The van der Waals surface area contributed by atoms with E-state index in [4.69, 9.17) is 14.7 Å². The molecule has 0 aliphatic rings. The van der Waals surface area contributed by atoms with Crippen LogP contribution in [0.3, 0.4) is 0 Å². The van der Waals surface area contributed by atoms with Gasteiger partial charge in [0.05, 0.1) is 30.4 Å². The van der Waals surface area contributed by atoms with E-state index in [-0.39, 0.29) is 5.41 Å². The number of pyridine rings is 1. The number of hydrogen-bond donors (Lipinski definition) is 1. The van der Waals surface area contributed by atoms with E-state index in [9.17, 15) is 0 Å². The van der Waals surface area contributed by atoms with Crippen molar-refractivity contribution in [2.75, 3.05) is 26.9 Å². The van der Waals surface area contributed by atoms with Gasteiger partial charge in [-0.15, -0.1) is 0 Å². The Morgan fingerprint density at radius 1 is 1.33 bits per heavy atom. The molecule has 1 aromatic rings. The molecule has 5 nitrogen and oxygen atoms in total. The van der Waals surface area contributed by atoms with E-state index < -0.39 is 0 Å². The normalized spacial score (nSPS) is 11.2. The minimum absolute atomic E-state index is 0.366. The van der Waals surface area contributed by atoms with Crippen LogP contribution in [-0.4, -0.2) is 31.9 Å². The fourth-order valence-electron chi connectivity index (χ4n) is 1.71. The Morgan fingerprint density at radius 3 is 2.76 bits per heavy atom. The van der Waals surface area contributed by atoms with Gasteiger partial charge in [-0.25, -0.2) is 0 Å². The van der Waals surface area contributed by atoms with Crippen LogP contribution in [-0.2, 0) is 11.3 Å². The summed E-state index contributed by atoms with van der Waals surface area (Å²) < 4.78 is 10.8. The summed E-state index contributed by atoms with van der Waals surface area (Å²) in [4.78, 5) is 4.51. The first-order valence-corrected chi connectivity index (χ1v) is 7.19. The fourth-order valence-corrected chi connectivity index (χ4v) is 1.71. The Morgan fingerprint density at radius 2 is 2.10 bits per heavy atom. The van der Waals surface area contributed by atoms with Crippen LogP contribution < -0.4 is 10.1 Å². The second kappa shape index (κ2) is 8.60. The molecule has 0 unspecified atom stereocenters. The first-order valence-electron chi connectivity index (χ1n) is 7.19. The quantitative estimate of drug-likeness (QED) is 0.708. The molecule has 1 aromatic heterocycles. The van der Waals surface area contributed by atoms with Crippen molar-refractivity contribution in [2.24, 2.45) is 5.41 Å². The number of ether oxygens (including phenoxy) is 2. The van der Waals surface area contributed by atoms with E-state index in [1.807, 2.05) is 32.9 Å². The van der Waals surface area contributed by atoms with E-state index in [2.05, 4.69) is 16.4 Å². The maximum absolute atomic E-state index is 9.01. The number of rotatable bonds is 9. The predicted molar refractivity (Wildman–Crippen MR) is 82.1 cm³/mol. The maximum atomic E-state index is 9.01. The molecule has 0 saturated heterocycles. The van der Waals surface area contributed by atoms with E-state index in [1.165, 1.54) is 0 Å². The van der Waals surface area contributed by atoms with Crippen LogP contribution in [0.5, 0.6) is 5.75 Å². The van der Waals surface area contributed by atoms with Gasteiger partial charge >= 0.3 is 0 Å². The van der Waals surface area contributed by atoms with Gasteiger partial charge < -0.3 is 14.8 Å². The molecular formula is C16H25N3O2. The van der Waals surface area contributed by atoms with E-state index in [0.29, 0.717) is 26.2 Å². The van der Waals surface area contributed by atoms with Crippen LogP contribution in [0.4, 0.5) is 0 Å². The van der Waals surface area contributed by atoms with Gasteiger partial charge in [0.25, 0.3) is 0 Å². The lowest BCUT2D eigenvalue weighted by atomic mass is 9.92. The predicted octanol–water partition coefficient (Wildman–Crippen LogP) is 2.44. The smallest absolute Gasteiger partial charge is 0.142 e. The molecule has 1 N–H and O–H groups in total. The van der Waals surface area contributed by atoms with Crippen molar-refractivity contribution in [1.82, 2.24) is 10.3 Å². The fraction of sp³-hybridized carbons (Fsp3) is 0.625. The van der Waals surface area contributed by atoms with Gasteiger partial charge in [-0.3, -0.25) is 4.98 Å². The second-order valence-electron chi connectivity index (χ2n) is 5.66. The first kappa shape index (κ1) is 17.4. The van der Waals surface area contributed by atoms with Crippen LogP contribution in [0.15, 0.2) is 12.1 Å². The molecule has 0 bridgehead atoms. The average Bonchev–Trinajstić information content (AvgIpc) is 2.45. The van der Waals surface area contributed by atoms with Gasteiger partial charge in [0.2, 0.25) is 0 Å². The number of nitrogens with zero attached hydrogens (tertiary/aromatic N) is 2. The Balaban J connectivity index is 2.58. The Hall–Kier alpha value is -1.64. The Bertz CT molecular complexity index is 481. The molecule has 1 rings (SSSR count). The van der Waals surface area contributed by atoms with E-state index in [1.54, 1.807) is 7.11 Å². The molecule has 21 heavy (non-hydrogen) atoms. The zero-order valence-electron chi connectivity index (χ0n) is 13.4. The summed E-state index contributed by atoms with van der Waals surface area (Å²) in [5.41, 5.74) is 1.48. The SMILES string of the molecule is COCCNCc1nc(C)ccc1OCCC(C)(C)C#N. The summed E-state index contributed by atoms with van der Waals surface area (Å²) in [5, 5.41) is 12.3. The molecule has 0 aliphatic heterocycles. The Kier molecular flexibility index (Phi) is 7.13. The van der Waals surface area contributed by atoms with E-state index >= 15 is 0 Å². The van der Waals surface area contributed by atoms with Gasteiger partial charge in [0.15, 0.2) is 0 Å². The molecule has 116 valence electrons. The van der Waals surface area contributed by atoms with Gasteiger partial charge in [0, 0.05) is 25.9 Å². The largest absolute Gasteiger partial charge is 0.492 e. The lowest BCUT2D eigenvalue weighted by molar-refractivity contribution is 0.198. The minimum Gasteiger partial charge on any atom is -0.492 e. The third-order valence-electron chi connectivity index (χ3n) is 3.13. The van der Waals surface area contributed by atoms with Crippen molar-refractivity contribution >= 4 is 0 Å². The number of nitrogens with one attached hydrogen (secondary N) is 1. The van der Waals surface area contributed by atoms with Crippen LogP contribution >= 0.6 is 0 Å². The van der Waals surface area contributed by atoms with Crippen molar-refractivity contribution in [1.29, 1.82) is 5.26 Å². The van der Waals surface area contributed by atoms with Crippen molar-refractivity contribution in [3.63, 3.8) is 0 Å². The van der Waals surface area contributed by atoms with Crippen LogP contribution in [0.1, 0.15) is 31.7 Å². The van der Waals surface area contributed by atoms with Crippen molar-refractivity contribution in [3.05, 3.63) is 23.5 Å². The van der Waals surface area contributed by atoms with Gasteiger partial charge in [-0.2, -0.15) is 5.26 Å². The summed E-state index contributed by atoms with van der Waals surface area (Å²) in [6.45, 7) is 8.37. The summed E-state index contributed by atoms with van der Waals surface area (Å²) in [7, 11) is 1.68. The maximum Gasteiger partial charge on any atom is 0.142 e. The second-order valence-corrected chi connectivity index (χ2v) is 5.66. The zero-order chi connectivity index (χ0) is 15.7. The first-order chi connectivity index (χ1) is 9.98. The highest BCUT2D eigenvalue weighted by atomic mass is 16.5. The van der Waals surface area contributed by atoms with Crippen LogP contribution in [0, 0.1) is 23.7 Å². The number of methoxy groups -OCH3 is 1.